The first-order valence-electron chi connectivity index (χ1n) is 14.0. The molecule has 0 N–H and O–H groups in total. The molecule has 2 aromatic heterocycles. The first kappa shape index (κ1) is 28.0. The summed E-state index contributed by atoms with van der Waals surface area (Å²) in [4.78, 5) is 7.54. The fourth-order valence-electron chi connectivity index (χ4n) is 5.55. The van der Waals surface area contributed by atoms with E-state index in [-0.39, 0.29) is 4.90 Å². The summed E-state index contributed by atoms with van der Waals surface area (Å²) < 4.78 is 41.5. The molecule has 0 radical (unpaired) electrons. The number of rotatable bonds is 8. The van der Waals surface area contributed by atoms with E-state index in [1.807, 2.05) is 24.3 Å². The van der Waals surface area contributed by atoms with Gasteiger partial charge in [-0.1, -0.05) is 54.1 Å². The van der Waals surface area contributed by atoms with Crippen molar-refractivity contribution in [2.75, 3.05) is 40.4 Å². The zero-order chi connectivity index (χ0) is 29.3. The summed E-state index contributed by atoms with van der Waals surface area (Å²) in [6.45, 7) is 4.68. The van der Waals surface area contributed by atoms with Gasteiger partial charge in [-0.2, -0.15) is 4.31 Å². The van der Waals surface area contributed by atoms with Crippen LogP contribution in [0.4, 0.5) is 0 Å². The lowest BCUT2D eigenvalue weighted by molar-refractivity contribution is 0.179. The third-order valence-corrected chi connectivity index (χ3v) is 9.74. The number of fused-ring (bicyclic) bond motifs is 1. The summed E-state index contributed by atoms with van der Waals surface area (Å²) in [5, 5.41) is 0. The molecule has 5 aromatic rings. The molecule has 3 heterocycles. The van der Waals surface area contributed by atoms with E-state index >= 15 is 0 Å². The number of sulfonamides is 1. The highest BCUT2D eigenvalue weighted by atomic mass is 32.2. The molecule has 0 amide bonds. The number of imidazole rings is 1. The van der Waals surface area contributed by atoms with Gasteiger partial charge in [0.15, 0.2) is 0 Å². The monoisotopic (exact) mass is 582 g/mol. The van der Waals surface area contributed by atoms with Gasteiger partial charge in [0, 0.05) is 44.5 Å². The zero-order valence-corrected chi connectivity index (χ0v) is 24.8. The average Bonchev–Trinajstić information content (AvgIpc) is 3.38. The largest absolute Gasteiger partial charge is 0.497 e. The molecule has 3 aromatic carbocycles. The van der Waals surface area contributed by atoms with Crippen molar-refractivity contribution in [1.82, 2.24) is 18.6 Å². The smallest absolute Gasteiger partial charge is 0.246 e. The minimum Gasteiger partial charge on any atom is -0.497 e. The van der Waals surface area contributed by atoms with Gasteiger partial charge >= 0.3 is 0 Å². The van der Waals surface area contributed by atoms with E-state index in [1.165, 1.54) is 12.7 Å². The number of methoxy groups -OCH3 is 2. The van der Waals surface area contributed by atoms with Crippen molar-refractivity contribution in [3.63, 3.8) is 0 Å². The minimum absolute atomic E-state index is 0.201. The number of hydrogen-bond donors (Lipinski definition) is 0. The SMILES string of the molecule is COc1cccc(-c2nc3ccc(-c4cccc(C)c4)cn3c2CN2CCN(S(=O)(=O)c3ccccc3OC)CC2)c1. The number of para-hydroxylation sites is 1. The van der Waals surface area contributed by atoms with Crippen LogP contribution in [0.5, 0.6) is 11.5 Å². The molecule has 8 nitrogen and oxygen atoms in total. The van der Waals surface area contributed by atoms with Crippen molar-refractivity contribution in [3.8, 4) is 33.9 Å². The Morgan fingerprint density at radius 1 is 0.786 bits per heavy atom. The highest BCUT2D eigenvalue weighted by molar-refractivity contribution is 7.89. The standard InChI is InChI=1S/C33H34N4O4S/c1-24-8-6-9-25(20-24)27-14-15-32-34-33(26-10-7-11-28(21-26)40-2)29(37(32)22-27)23-35-16-18-36(19-17-35)42(38,39)31-13-5-4-12-30(31)41-3/h4-15,20-22H,16-19,23H2,1-3H3. The van der Waals surface area contributed by atoms with Gasteiger partial charge in [-0.25, -0.2) is 13.4 Å². The Balaban J connectivity index is 1.33. The molecule has 0 saturated carbocycles. The second-order valence-electron chi connectivity index (χ2n) is 10.5. The molecular weight excluding hydrogens is 548 g/mol. The van der Waals surface area contributed by atoms with Crippen LogP contribution in [0, 0.1) is 6.92 Å². The van der Waals surface area contributed by atoms with Crippen LogP contribution in [0.25, 0.3) is 28.0 Å². The molecule has 1 aliphatic rings. The van der Waals surface area contributed by atoms with Gasteiger partial charge in [-0.15, -0.1) is 0 Å². The van der Waals surface area contributed by atoms with Gasteiger partial charge in [0.1, 0.15) is 22.0 Å². The van der Waals surface area contributed by atoms with Gasteiger partial charge in [0.25, 0.3) is 0 Å². The predicted octanol–water partition coefficient (Wildman–Crippen LogP) is 5.50. The van der Waals surface area contributed by atoms with E-state index in [1.54, 1.807) is 35.7 Å². The number of nitrogens with zero attached hydrogens (tertiary/aromatic N) is 4. The molecular formula is C33H34N4O4S. The Kier molecular flexibility index (Phi) is 7.72. The van der Waals surface area contributed by atoms with E-state index in [4.69, 9.17) is 14.5 Å². The number of piperazine rings is 1. The van der Waals surface area contributed by atoms with Crippen LogP contribution in [0.15, 0.2) is 96.0 Å². The van der Waals surface area contributed by atoms with Gasteiger partial charge in [0.05, 0.1) is 25.6 Å². The Morgan fingerprint density at radius 2 is 1.55 bits per heavy atom. The van der Waals surface area contributed by atoms with Crippen molar-refractivity contribution in [3.05, 3.63) is 102 Å². The summed E-state index contributed by atoms with van der Waals surface area (Å²) in [6, 6.07) is 27.4. The fraction of sp³-hybridized carbons (Fsp3) is 0.242. The summed E-state index contributed by atoms with van der Waals surface area (Å²) in [5.41, 5.74) is 7.23. The predicted molar refractivity (Wildman–Crippen MR) is 164 cm³/mol. The molecule has 42 heavy (non-hydrogen) atoms. The van der Waals surface area contributed by atoms with Gasteiger partial charge in [-0.3, -0.25) is 4.90 Å². The summed E-state index contributed by atoms with van der Waals surface area (Å²) in [7, 11) is -0.518. The van der Waals surface area contributed by atoms with Crippen molar-refractivity contribution >= 4 is 15.7 Å². The molecule has 6 rings (SSSR count). The highest BCUT2D eigenvalue weighted by Crippen LogP contribution is 2.32. The maximum atomic E-state index is 13.5. The highest BCUT2D eigenvalue weighted by Gasteiger charge is 2.31. The molecule has 9 heteroatoms. The molecule has 1 aliphatic heterocycles. The number of hydrogen-bond acceptors (Lipinski definition) is 6. The maximum absolute atomic E-state index is 13.5. The third-order valence-electron chi connectivity index (χ3n) is 7.80. The van der Waals surface area contributed by atoms with E-state index in [0.29, 0.717) is 38.5 Å². The molecule has 1 saturated heterocycles. The van der Waals surface area contributed by atoms with Crippen LogP contribution < -0.4 is 9.47 Å². The van der Waals surface area contributed by atoms with E-state index < -0.39 is 10.0 Å². The summed E-state index contributed by atoms with van der Waals surface area (Å²) in [6.07, 6.45) is 2.15. The molecule has 0 unspecified atom stereocenters. The fourth-order valence-corrected chi connectivity index (χ4v) is 7.13. The third kappa shape index (κ3) is 5.38. The molecule has 0 spiro atoms. The number of aromatic nitrogens is 2. The van der Waals surface area contributed by atoms with Gasteiger partial charge < -0.3 is 13.9 Å². The Morgan fingerprint density at radius 3 is 2.31 bits per heavy atom. The molecule has 0 aliphatic carbocycles. The normalized spacial score (nSPS) is 14.7. The first-order valence-corrected chi connectivity index (χ1v) is 15.4. The quantitative estimate of drug-likeness (QED) is 0.241. The van der Waals surface area contributed by atoms with E-state index in [2.05, 4.69) is 58.8 Å². The minimum atomic E-state index is -3.67. The Hall–Kier alpha value is -4.18. The lowest BCUT2D eigenvalue weighted by atomic mass is 10.1. The summed E-state index contributed by atoms with van der Waals surface area (Å²) in [5.74, 6) is 1.13. The van der Waals surface area contributed by atoms with Crippen molar-refractivity contribution < 1.29 is 17.9 Å². The lowest BCUT2D eigenvalue weighted by Crippen LogP contribution is -2.48. The summed E-state index contributed by atoms with van der Waals surface area (Å²) >= 11 is 0. The molecule has 1 fully saturated rings. The van der Waals surface area contributed by atoms with Crippen molar-refractivity contribution in [2.45, 2.75) is 18.4 Å². The number of pyridine rings is 1. The van der Waals surface area contributed by atoms with Crippen LogP contribution in [0.1, 0.15) is 11.3 Å². The van der Waals surface area contributed by atoms with Crippen LogP contribution in [0.2, 0.25) is 0 Å². The number of ether oxygens (including phenoxy) is 2. The van der Waals surface area contributed by atoms with Crippen LogP contribution in [0.3, 0.4) is 0 Å². The Labute approximate surface area is 246 Å². The van der Waals surface area contributed by atoms with Crippen LogP contribution in [-0.4, -0.2) is 67.4 Å². The van der Waals surface area contributed by atoms with E-state index in [0.717, 1.165) is 39.5 Å². The second-order valence-corrected chi connectivity index (χ2v) is 12.4. The molecule has 0 atom stereocenters. The molecule has 216 valence electrons. The lowest BCUT2D eigenvalue weighted by Gasteiger charge is -2.34. The maximum Gasteiger partial charge on any atom is 0.246 e. The number of benzene rings is 3. The second kappa shape index (κ2) is 11.6. The van der Waals surface area contributed by atoms with Gasteiger partial charge in [-0.05, 0) is 54.4 Å². The van der Waals surface area contributed by atoms with Crippen molar-refractivity contribution in [2.24, 2.45) is 0 Å². The van der Waals surface area contributed by atoms with Crippen LogP contribution in [-0.2, 0) is 16.6 Å². The van der Waals surface area contributed by atoms with Crippen molar-refractivity contribution in [1.29, 1.82) is 0 Å². The van der Waals surface area contributed by atoms with Crippen LogP contribution >= 0.6 is 0 Å². The topological polar surface area (TPSA) is 76.4 Å². The average molecular weight is 583 g/mol. The van der Waals surface area contributed by atoms with E-state index in [9.17, 15) is 8.42 Å². The zero-order valence-electron chi connectivity index (χ0n) is 24.0. The molecule has 0 bridgehead atoms. The number of aryl methyl sites for hydroxylation is 1. The Bertz CT molecular complexity index is 1840. The van der Waals surface area contributed by atoms with Gasteiger partial charge in [0.2, 0.25) is 10.0 Å². The first-order chi connectivity index (χ1) is 20.4.